The Bertz CT molecular complexity index is 58.2. The van der Waals surface area contributed by atoms with Gasteiger partial charge in [0.25, 0.3) is 0 Å². The van der Waals surface area contributed by atoms with Crippen LogP contribution in [-0.4, -0.2) is 11.0 Å². The lowest BCUT2D eigenvalue weighted by atomic mass is 13.0. The molecular formula is H5N6Si-. The minimum absolute atomic E-state index is 0. The molecule has 0 aromatic carbocycles. The highest BCUT2D eigenvalue weighted by Gasteiger charge is 0.973. The molecule has 0 aromatic heterocycles. The summed E-state index contributed by atoms with van der Waals surface area (Å²) in [5.41, 5.74) is 25.8. The van der Waals surface area contributed by atoms with Gasteiger partial charge in [0.2, 0.25) is 0 Å². The Morgan fingerprint density at radius 2 is 1.14 bits per heavy atom. The molecule has 7 heteroatoms. The Morgan fingerprint density at radius 3 is 1.14 bits per heavy atom. The maximum Gasteiger partial charge on any atom is -0.00208 e. The Kier molecular flexibility index (Phi) is 246. The zero-order chi connectivity index (χ0) is 5.41. The van der Waals surface area contributed by atoms with Crippen molar-refractivity contribution < 1.29 is 0 Å². The molecule has 0 spiro atoms. The smallest absolute Gasteiger partial charge is 0.00208 e. The first-order valence-corrected chi connectivity index (χ1v) is 0.824. The SMILES string of the molecule is [N-]=[N+]=N.[N-]=[N+]=[N-].[SiH4]. The third-order valence-electron chi connectivity index (χ3n) is 0. The van der Waals surface area contributed by atoms with Gasteiger partial charge in [0, 0.05) is 0 Å². The van der Waals surface area contributed by atoms with Gasteiger partial charge in [-0.1, -0.05) is 0 Å². The van der Waals surface area contributed by atoms with Crippen molar-refractivity contribution in [3.8, 4) is 0 Å². The van der Waals surface area contributed by atoms with Crippen LogP contribution in [0.15, 0.2) is 0 Å². The van der Waals surface area contributed by atoms with Crippen LogP contribution in [-0.2, 0) is 0 Å². The van der Waals surface area contributed by atoms with Crippen LogP contribution in [0.25, 0.3) is 26.4 Å². The lowest BCUT2D eigenvalue weighted by molar-refractivity contribution is 1.45. The summed E-state index contributed by atoms with van der Waals surface area (Å²) >= 11 is 0. The number of hydrogen-bond acceptors (Lipinski definition) is 1. The highest BCUT2D eigenvalue weighted by Crippen LogP contribution is 1.29. The summed E-state index contributed by atoms with van der Waals surface area (Å²) in [5, 5.41) is 0. The normalized spacial score (nSPS) is 2.29. The molecule has 0 radical (unpaired) electrons. The summed E-state index contributed by atoms with van der Waals surface area (Å²) in [6.07, 6.45) is 0. The van der Waals surface area contributed by atoms with Crippen molar-refractivity contribution >= 4 is 11.0 Å². The van der Waals surface area contributed by atoms with Crippen LogP contribution in [0.5, 0.6) is 0 Å². The average molecular weight is 117 g/mol. The Morgan fingerprint density at radius 1 is 1.14 bits per heavy atom. The van der Waals surface area contributed by atoms with Crippen molar-refractivity contribution in [2.75, 3.05) is 0 Å². The van der Waals surface area contributed by atoms with Gasteiger partial charge in [-0.25, -0.2) is 0 Å². The van der Waals surface area contributed by atoms with Gasteiger partial charge in [0.1, 0.15) is 0 Å². The molecule has 0 rings (SSSR count). The fraction of sp³-hybridized carbons (Fsp3) is 0. The predicted molar refractivity (Wildman–Crippen MR) is 30.8 cm³/mol. The maximum atomic E-state index is 6.86. The van der Waals surface area contributed by atoms with E-state index in [-0.39, 0.29) is 11.0 Å². The standard InChI is InChI=1S/HN3.N3.H4Si/c2*1-3-2;/h1H;;1H4/q;-1;. The first-order chi connectivity index (χ1) is 2.83. The monoisotopic (exact) mass is 117 g/mol. The quantitative estimate of drug-likeness (QED) is 0.203. The lowest BCUT2D eigenvalue weighted by Gasteiger charge is -1.31. The van der Waals surface area contributed by atoms with Crippen LogP contribution in [0.1, 0.15) is 0 Å². The van der Waals surface area contributed by atoms with Crippen molar-refractivity contribution in [2.45, 2.75) is 0 Å². The largest absolute Gasteiger partial charge is 0.373 e. The van der Waals surface area contributed by atoms with E-state index < -0.39 is 0 Å². The van der Waals surface area contributed by atoms with Crippen LogP contribution in [0.2, 0.25) is 0 Å². The second-order valence-electron chi connectivity index (χ2n) is 0.189. The molecule has 6 nitrogen and oxygen atoms in total. The van der Waals surface area contributed by atoms with Crippen molar-refractivity contribution in [2.24, 2.45) is 0 Å². The molecule has 1 N–H and O–H groups in total. The molecule has 0 fully saturated rings. The van der Waals surface area contributed by atoms with Crippen molar-refractivity contribution in [3.63, 3.8) is 0 Å². The molecule has 0 aliphatic rings. The van der Waals surface area contributed by atoms with Crippen LogP contribution >= 0.6 is 0 Å². The molecule has 40 valence electrons. The van der Waals surface area contributed by atoms with Gasteiger partial charge in [-0.2, -0.15) is 0 Å². The Hall–Kier alpha value is -1.16. The molecule has 0 unspecified atom stereocenters. The summed E-state index contributed by atoms with van der Waals surface area (Å²) in [6.45, 7) is 0. The molecule has 0 aliphatic heterocycles. The highest BCUT2D eigenvalue weighted by molar-refractivity contribution is 5.75. The summed E-state index contributed by atoms with van der Waals surface area (Å²) in [7, 11) is 0. The van der Waals surface area contributed by atoms with Crippen molar-refractivity contribution in [1.29, 1.82) is 5.53 Å². The van der Waals surface area contributed by atoms with Gasteiger partial charge >= 0.3 is 0 Å². The van der Waals surface area contributed by atoms with E-state index in [4.69, 9.17) is 22.1 Å². The first kappa shape index (κ1) is 17.0. The fourth-order valence-corrected chi connectivity index (χ4v) is 0. The zero-order valence-corrected chi connectivity index (χ0v) is 2.74. The van der Waals surface area contributed by atoms with Gasteiger partial charge in [0.05, 0.1) is 0 Å². The second-order valence-corrected chi connectivity index (χ2v) is 0.189. The van der Waals surface area contributed by atoms with Crippen molar-refractivity contribution in [1.82, 2.24) is 0 Å². The molecule has 0 amide bonds. The predicted octanol–water partition coefficient (Wildman–Crippen LogP) is 0.290. The van der Waals surface area contributed by atoms with Gasteiger partial charge in [-0.3, -0.25) is 4.91 Å². The first-order valence-electron chi connectivity index (χ1n) is 0.824. The summed E-state index contributed by atoms with van der Waals surface area (Å²) < 4.78 is 0. The van der Waals surface area contributed by atoms with E-state index in [9.17, 15) is 0 Å². The van der Waals surface area contributed by atoms with Gasteiger partial charge in [0.15, 0.2) is 0 Å². The number of nitrogens with zero attached hydrogens (tertiary/aromatic N) is 5. The van der Waals surface area contributed by atoms with Gasteiger partial charge in [-0.15, -0.1) is 5.53 Å². The van der Waals surface area contributed by atoms with Gasteiger partial charge < -0.3 is 11.1 Å². The fourth-order valence-electron chi connectivity index (χ4n) is 0. The van der Waals surface area contributed by atoms with E-state index in [1.54, 1.807) is 4.91 Å². The molecule has 7 heavy (non-hydrogen) atoms. The molecule has 0 saturated heterocycles. The molecule has 0 atom stereocenters. The maximum absolute atomic E-state index is 6.86. The Balaban J connectivity index is -0.0000000400. The number of nitrogens with one attached hydrogen (secondary N) is 1. The summed E-state index contributed by atoms with van der Waals surface area (Å²) in [5.74, 6) is 0. The Labute approximate surface area is 44.0 Å². The van der Waals surface area contributed by atoms with E-state index >= 15 is 0 Å². The van der Waals surface area contributed by atoms with Crippen LogP contribution in [0.3, 0.4) is 0 Å². The third kappa shape index (κ3) is 28.8. The molecule has 0 saturated carbocycles. The minimum Gasteiger partial charge on any atom is -0.373 e. The van der Waals surface area contributed by atoms with Crippen LogP contribution in [0, 0.1) is 5.53 Å². The van der Waals surface area contributed by atoms with Crippen molar-refractivity contribution in [3.05, 3.63) is 26.4 Å². The van der Waals surface area contributed by atoms with Gasteiger partial charge in [-0.05, 0) is 21.4 Å². The lowest BCUT2D eigenvalue weighted by Crippen LogP contribution is -0.769. The average Bonchev–Trinajstić information content (AvgIpc) is 1.39. The van der Waals surface area contributed by atoms with E-state index in [1.165, 1.54) is 4.91 Å². The summed E-state index contributed by atoms with van der Waals surface area (Å²) in [4.78, 5) is 3.25. The van der Waals surface area contributed by atoms with Crippen LogP contribution < -0.4 is 0 Å². The van der Waals surface area contributed by atoms with E-state index in [2.05, 4.69) is 0 Å². The number of hydrogen-bond donors (Lipinski definition) is 1. The molecule has 0 aromatic rings. The summed E-state index contributed by atoms with van der Waals surface area (Å²) in [6, 6.07) is 0. The zero-order valence-electron chi connectivity index (χ0n) is 2.74. The minimum atomic E-state index is 0. The van der Waals surface area contributed by atoms with E-state index in [0.717, 1.165) is 0 Å². The van der Waals surface area contributed by atoms with E-state index in [0.29, 0.717) is 0 Å². The third-order valence-corrected chi connectivity index (χ3v) is 0. The number of rotatable bonds is 0. The second kappa shape index (κ2) is 102. The molecule has 0 bridgehead atoms. The molecular weight excluding hydrogens is 112 g/mol. The molecule has 0 heterocycles. The molecule has 0 aliphatic carbocycles. The topological polar surface area (TPSA) is 119 Å². The highest BCUT2D eigenvalue weighted by atomic mass is 28.1. The van der Waals surface area contributed by atoms with E-state index in [1.807, 2.05) is 0 Å². The van der Waals surface area contributed by atoms with Crippen LogP contribution in [0.4, 0.5) is 0 Å².